The summed E-state index contributed by atoms with van der Waals surface area (Å²) < 4.78 is 9.75. The van der Waals surface area contributed by atoms with Crippen LogP contribution >= 0.6 is 22.7 Å². The number of fused-ring (bicyclic) bond motifs is 14. The van der Waals surface area contributed by atoms with E-state index in [-0.39, 0.29) is 0 Å². The molecule has 244 valence electrons. The fraction of sp³-hybridized carbons (Fsp3) is 0.0227. The molecule has 11 aromatic rings. The van der Waals surface area contributed by atoms with E-state index in [2.05, 4.69) is 147 Å². The van der Waals surface area contributed by atoms with Gasteiger partial charge < -0.3 is 5.32 Å². The van der Waals surface area contributed by atoms with Crippen molar-refractivity contribution < 1.29 is 0 Å². The number of amidine groups is 1. The smallest absolute Gasteiger partial charge is 0.226 e. The monoisotopic (exact) mass is 702 g/mol. The number of aliphatic imine (C=N–C) groups is 2. The molecule has 1 unspecified atom stereocenters. The lowest BCUT2D eigenvalue weighted by atomic mass is 10.1. The van der Waals surface area contributed by atoms with Gasteiger partial charge in [0.25, 0.3) is 0 Å². The molecule has 12 rings (SSSR count). The van der Waals surface area contributed by atoms with Crippen LogP contribution in [0.4, 0.5) is 0 Å². The van der Waals surface area contributed by atoms with Gasteiger partial charge in [-0.05, 0) is 48.5 Å². The van der Waals surface area contributed by atoms with E-state index in [0.29, 0.717) is 0 Å². The maximum atomic E-state index is 5.52. The summed E-state index contributed by atoms with van der Waals surface area (Å²) >= 11 is 3.72. The molecule has 1 aliphatic rings. The molecule has 0 aliphatic carbocycles. The summed E-state index contributed by atoms with van der Waals surface area (Å²) in [5, 5.41) is 13.7. The zero-order valence-electron chi connectivity index (χ0n) is 27.5. The molecule has 8 heteroatoms. The van der Waals surface area contributed by atoms with Crippen molar-refractivity contribution in [2.75, 3.05) is 0 Å². The molecule has 1 aliphatic heterocycles. The first-order valence-corrected chi connectivity index (χ1v) is 18.9. The first-order chi connectivity index (χ1) is 25.8. The van der Waals surface area contributed by atoms with Gasteiger partial charge in [0.2, 0.25) is 12.2 Å². The molecule has 0 bridgehead atoms. The second kappa shape index (κ2) is 10.6. The molecule has 1 N–H and O–H groups in total. The molecule has 0 saturated carbocycles. The van der Waals surface area contributed by atoms with E-state index >= 15 is 0 Å². The number of hydrogen-bond acceptors (Lipinski definition) is 6. The van der Waals surface area contributed by atoms with Crippen LogP contribution in [0.2, 0.25) is 0 Å². The zero-order valence-corrected chi connectivity index (χ0v) is 29.1. The first kappa shape index (κ1) is 28.4. The number of aromatic nitrogens is 3. The maximum Gasteiger partial charge on any atom is 0.226 e. The summed E-state index contributed by atoms with van der Waals surface area (Å²) in [5.41, 5.74) is 5.31. The second-order valence-corrected chi connectivity index (χ2v) is 15.4. The Kier molecular flexibility index (Phi) is 5.77. The van der Waals surface area contributed by atoms with E-state index in [1.54, 1.807) is 6.20 Å². The van der Waals surface area contributed by atoms with Crippen molar-refractivity contribution in [1.82, 2.24) is 19.4 Å². The van der Waals surface area contributed by atoms with E-state index < -0.39 is 6.29 Å². The molecule has 6 nitrogen and oxygen atoms in total. The van der Waals surface area contributed by atoms with Crippen LogP contribution in [0.1, 0.15) is 11.9 Å². The summed E-state index contributed by atoms with van der Waals surface area (Å²) in [5.74, 6) is 1.45. The quantitative estimate of drug-likeness (QED) is 0.195. The number of thiophene rings is 2. The number of hydrogen-bond donors (Lipinski definition) is 1. The van der Waals surface area contributed by atoms with Crippen molar-refractivity contribution in [3.63, 3.8) is 0 Å². The number of nitrogens with zero attached hydrogens (tertiary/aromatic N) is 5. The van der Waals surface area contributed by atoms with Crippen LogP contribution in [0.3, 0.4) is 0 Å². The Morgan fingerprint density at radius 3 is 1.79 bits per heavy atom. The van der Waals surface area contributed by atoms with Crippen LogP contribution in [0.15, 0.2) is 156 Å². The van der Waals surface area contributed by atoms with Crippen LogP contribution in [0, 0.1) is 0 Å². The summed E-state index contributed by atoms with van der Waals surface area (Å²) in [7, 11) is 0. The molecule has 52 heavy (non-hydrogen) atoms. The highest BCUT2D eigenvalue weighted by Crippen LogP contribution is 2.45. The molecule has 0 spiro atoms. The van der Waals surface area contributed by atoms with Gasteiger partial charge in [-0.15, -0.1) is 22.7 Å². The Labute approximate surface area is 304 Å². The van der Waals surface area contributed by atoms with Crippen molar-refractivity contribution in [3.05, 3.63) is 151 Å². The molecule has 0 radical (unpaired) electrons. The average molecular weight is 703 g/mol. The lowest BCUT2D eigenvalue weighted by Crippen LogP contribution is -2.40. The fourth-order valence-corrected chi connectivity index (χ4v) is 10.8. The molecule has 0 amide bonds. The largest absolute Gasteiger partial charge is 0.310 e. The fourth-order valence-electron chi connectivity index (χ4n) is 8.28. The Balaban J connectivity index is 1.16. The predicted molar refractivity (Wildman–Crippen MR) is 220 cm³/mol. The van der Waals surface area contributed by atoms with Gasteiger partial charge >= 0.3 is 0 Å². The first-order valence-electron chi connectivity index (χ1n) is 17.3. The van der Waals surface area contributed by atoms with Crippen LogP contribution < -0.4 is 5.32 Å². The van der Waals surface area contributed by atoms with E-state index in [9.17, 15) is 0 Å². The van der Waals surface area contributed by atoms with Gasteiger partial charge in [-0.1, -0.05) is 84.9 Å². The minimum Gasteiger partial charge on any atom is -0.310 e. The minimum absolute atomic E-state index is 0.579. The highest BCUT2D eigenvalue weighted by atomic mass is 32.1. The molecule has 6 aromatic carbocycles. The minimum atomic E-state index is -0.579. The SMILES string of the molecule is c1cncc(C2=NC(n3c4ccccc4c4c5sc6ccccc6c5ccc43)N=C(n3c4ccccc4c4c5sc6ccccc6c5ccc43)N2)c1. The van der Waals surface area contributed by atoms with E-state index in [4.69, 9.17) is 9.98 Å². The van der Waals surface area contributed by atoms with Gasteiger partial charge in [-0.25, -0.2) is 9.98 Å². The molecular formula is C44H26N6S2. The van der Waals surface area contributed by atoms with Crippen molar-refractivity contribution in [2.45, 2.75) is 6.29 Å². The summed E-state index contributed by atoms with van der Waals surface area (Å²) in [4.78, 5) is 15.3. The van der Waals surface area contributed by atoms with Gasteiger partial charge in [0.05, 0.1) is 22.1 Å². The molecule has 0 saturated heterocycles. The number of benzene rings is 6. The lowest BCUT2D eigenvalue weighted by Gasteiger charge is -2.25. The molecule has 6 heterocycles. The van der Waals surface area contributed by atoms with Crippen molar-refractivity contribution in [2.24, 2.45) is 9.98 Å². The van der Waals surface area contributed by atoms with E-state index in [0.717, 1.165) is 39.4 Å². The Hall–Kier alpha value is -6.35. The summed E-state index contributed by atoms with van der Waals surface area (Å²) in [6.45, 7) is 0. The zero-order chi connectivity index (χ0) is 33.9. The number of para-hydroxylation sites is 2. The normalized spacial score (nSPS) is 15.1. The van der Waals surface area contributed by atoms with Crippen molar-refractivity contribution in [1.29, 1.82) is 0 Å². The highest BCUT2D eigenvalue weighted by molar-refractivity contribution is 7.27. The van der Waals surface area contributed by atoms with Crippen molar-refractivity contribution in [3.8, 4) is 0 Å². The van der Waals surface area contributed by atoms with Gasteiger partial charge in [-0.3, -0.25) is 14.1 Å². The molecular weight excluding hydrogens is 677 g/mol. The number of pyridine rings is 1. The van der Waals surface area contributed by atoms with Crippen LogP contribution in [0.5, 0.6) is 0 Å². The van der Waals surface area contributed by atoms with E-state index in [1.165, 1.54) is 61.9 Å². The van der Waals surface area contributed by atoms with Crippen LogP contribution in [-0.4, -0.2) is 25.9 Å². The van der Waals surface area contributed by atoms with Gasteiger partial charge in [0, 0.05) is 79.8 Å². The standard InChI is InChI=1S/C44H26N6S2/c1-5-15-32-30(13-1)38-34(21-19-28-26-11-3-7-17-36(26)51-40(28)38)49(32)43-46-42(25-10-9-23-45-24-25)47-44(48-43)50-33-16-6-2-14-31(33)39-35(50)22-20-29-27-12-4-8-18-37(27)52-41(29)39/h1-24,43H,(H,46,47,48). The highest BCUT2D eigenvalue weighted by Gasteiger charge is 2.27. The number of nitrogens with one attached hydrogen (secondary N) is 1. The van der Waals surface area contributed by atoms with Crippen molar-refractivity contribution >= 4 is 118 Å². The number of rotatable bonds is 2. The lowest BCUT2D eigenvalue weighted by molar-refractivity contribution is 0.571. The molecule has 5 aromatic heterocycles. The van der Waals surface area contributed by atoms with Gasteiger partial charge in [0.1, 0.15) is 5.84 Å². The maximum absolute atomic E-state index is 5.52. The third kappa shape index (κ3) is 3.85. The van der Waals surface area contributed by atoms with Gasteiger partial charge in [0.15, 0.2) is 0 Å². The second-order valence-electron chi connectivity index (χ2n) is 13.3. The Morgan fingerprint density at radius 1 is 0.500 bits per heavy atom. The molecule has 1 atom stereocenters. The van der Waals surface area contributed by atoms with Crippen LogP contribution in [0.25, 0.3) is 84.0 Å². The predicted octanol–water partition coefficient (Wildman–Crippen LogP) is 11.4. The molecule has 0 fully saturated rings. The topological polar surface area (TPSA) is 59.5 Å². The Bertz CT molecular complexity index is 3340. The summed E-state index contributed by atoms with van der Waals surface area (Å²) in [6, 6.07) is 47.8. The van der Waals surface area contributed by atoms with Crippen LogP contribution in [-0.2, 0) is 0 Å². The Morgan fingerprint density at radius 2 is 1.10 bits per heavy atom. The third-order valence-electron chi connectivity index (χ3n) is 10.5. The van der Waals surface area contributed by atoms with Gasteiger partial charge in [-0.2, -0.15) is 0 Å². The summed E-state index contributed by atoms with van der Waals surface area (Å²) in [6.07, 6.45) is 3.08. The van der Waals surface area contributed by atoms with E-state index in [1.807, 2.05) is 34.9 Å². The third-order valence-corrected chi connectivity index (χ3v) is 12.9. The average Bonchev–Trinajstić information content (AvgIpc) is 3.95.